The minimum Gasteiger partial charge on any atom is -0.479 e. The van der Waals surface area contributed by atoms with Crippen LogP contribution in [0.5, 0.6) is 0 Å². The molecule has 2 aliphatic rings. The summed E-state index contributed by atoms with van der Waals surface area (Å²) in [5.74, 6) is -0.330. The summed E-state index contributed by atoms with van der Waals surface area (Å²) in [6.45, 7) is 4.43. The lowest BCUT2D eigenvalue weighted by atomic mass is 9.93. The molecular formula is C15H26N2O3. The molecule has 5 heteroatoms. The summed E-state index contributed by atoms with van der Waals surface area (Å²) in [7, 11) is 0. The number of likely N-dealkylation sites (tertiary alicyclic amines) is 1. The smallest absolute Gasteiger partial charge is 0.329 e. The molecule has 114 valence electrons. The van der Waals surface area contributed by atoms with Gasteiger partial charge in [0, 0.05) is 12.6 Å². The molecule has 1 aliphatic heterocycles. The Kier molecular flexibility index (Phi) is 4.55. The molecule has 2 unspecified atom stereocenters. The van der Waals surface area contributed by atoms with Crippen molar-refractivity contribution in [3.63, 3.8) is 0 Å². The fourth-order valence-corrected chi connectivity index (χ4v) is 3.76. The third-order valence-corrected chi connectivity index (χ3v) is 5.17. The molecule has 1 aliphatic carbocycles. The van der Waals surface area contributed by atoms with Gasteiger partial charge in [-0.1, -0.05) is 19.8 Å². The number of hydrogen-bond donors (Lipinski definition) is 2. The van der Waals surface area contributed by atoms with Gasteiger partial charge in [-0.15, -0.1) is 0 Å². The van der Waals surface area contributed by atoms with Crippen LogP contribution in [0.15, 0.2) is 0 Å². The first-order chi connectivity index (χ1) is 9.51. The Balaban J connectivity index is 2.02. The molecule has 2 rings (SSSR count). The molecule has 0 aromatic rings. The topological polar surface area (TPSA) is 69.6 Å². The van der Waals surface area contributed by atoms with E-state index in [1.807, 2.05) is 13.8 Å². The Morgan fingerprint density at radius 3 is 2.55 bits per heavy atom. The van der Waals surface area contributed by atoms with E-state index in [0.29, 0.717) is 25.3 Å². The highest BCUT2D eigenvalue weighted by Crippen LogP contribution is 2.33. The van der Waals surface area contributed by atoms with Gasteiger partial charge >= 0.3 is 12.0 Å². The highest BCUT2D eigenvalue weighted by molar-refractivity contribution is 5.87. The number of hydrogen-bond acceptors (Lipinski definition) is 2. The molecule has 2 amide bonds. The van der Waals surface area contributed by atoms with Crippen LogP contribution >= 0.6 is 0 Å². The SMILES string of the molecule is CCC1(C(=O)O)CCCN1C(=O)NC(C)C1CCCC1. The minimum absolute atomic E-state index is 0.133. The zero-order chi connectivity index (χ0) is 14.8. The average molecular weight is 282 g/mol. The summed E-state index contributed by atoms with van der Waals surface area (Å²) in [6, 6.07) is -0.0694. The molecule has 5 nitrogen and oxygen atoms in total. The van der Waals surface area contributed by atoms with Gasteiger partial charge in [-0.2, -0.15) is 0 Å². The Labute approximate surface area is 120 Å². The number of carbonyl (C=O) groups excluding carboxylic acids is 1. The largest absolute Gasteiger partial charge is 0.479 e. The predicted molar refractivity (Wildman–Crippen MR) is 76.5 cm³/mol. The van der Waals surface area contributed by atoms with E-state index < -0.39 is 11.5 Å². The van der Waals surface area contributed by atoms with Gasteiger partial charge in [0.1, 0.15) is 5.54 Å². The van der Waals surface area contributed by atoms with E-state index in [1.54, 1.807) is 4.90 Å². The van der Waals surface area contributed by atoms with E-state index in [-0.39, 0.29) is 12.1 Å². The number of nitrogens with zero attached hydrogens (tertiary/aromatic N) is 1. The van der Waals surface area contributed by atoms with Gasteiger partial charge < -0.3 is 15.3 Å². The van der Waals surface area contributed by atoms with Crippen molar-refractivity contribution in [3.8, 4) is 0 Å². The van der Waals surface area contributed by atoms with Gasteiger partial charge in [-0.3, -0.25) is 0 Å². The number of urea groups is 1. The fraction of sp³-hybridized carbons (Fsp3) is 0.867. The van der Waals surface area contributed by atoms with E-state index in [0.717, 1.165) is 6.42 Å². The second-order valence-electron chi connectivity index (χ2n) is 6.23. The Morgan fingerprint density at radius 2 is 2.00 bits per heavy atom. The lowest BCUT2D eigenvalue weighted by molar-refractivity contribution is -0.148. The van der Waals surface area contributed by atoms with Crippen LogP contribution < -0.4 is 5.32 Å². The molecule has 0 aromatic carbocycles. The van der Waals surface area contributed by atoms with E-state index in [4.69, 9.17) is 0 Å². The van der Waals surface area contributed by atoms with Crippen molar-refractivity contribution in [2.24, 2.45) is 5.92 Å². The number of rotatable bonds is 4. The van der Waals surface area contributed by atoms with Gasteiger partial charge in [0.25, 0.3) is 0 Å². The first-order valence-corrected chi connectivity index (χ1v) is 7.83. The van der Waals surface area contributed by atoms with Crippen LogP contribution in [-0.4, -0.2) is 40.1 Å². The van der Waals surface area contributed by atoms with Crippen LogP contribution in [-0.2, 0) is 4.79 Å². The van der Waals surface area contributed by atoms with E-state index >= 15 is 0 Å². The van der Waals surface area contributed by atoms with E-state index in [1.165, 1.54) is 25.7 Å². The zero-order valence-electron chi connectivity index (χ0n) is 12.5. The Morgan fingerprint density at radius 1 is 1.35 bits per heavy atom. The molecule has 1 saturated heterocycles. The van der Waals surface area contributed by atoms with Crippen LogP contribution in [0.2, 0.25) is 0 Å². The maximum absolute atomic E-state index is 12.4. The van der Waals surface area contributed by atoms with Crippen LogP contribution in [0, 0.1) is 5.92 Å². The molecule has 0 spiro atoms. The summed E-state index contributed by atoms with van der Waals surface area (Å²) in [4.78, 5) is 25.6. The predicted octanol–water partition coefficient (Wildman–Crippen LogP) is 2.60. The Hall–Kier alpha value is -1.26. The van der Waals surface area contributed by atoms with Crippen LogP contribution in [0.25, 0.3) is 0 Å². The maximum Gasteiger partial charge on any atom is 0.329 e. The first kappa shape index (κ1) is 15.1. The highest BCUT2D eigenvalue weighted by atomic mass is 16.4. The van der Waals surface area contributed by atoms with Gasteiger partial charge in [0.05, 0.1) is 0 Å². The molecule has 0 bridgehead atoms. The first-order valence-electron chi connectivity index (χ1n) is 7.83. The van der Waals surface area contributed by atoms with Crippen molar-refractivity contribution < 1.29 is 14.7 Å². The summed E-state index contributed by atoms with van der Waals surface area (Å²) >= 11 is 0. The van der Waals surface area contributed by atoms with Crippen LogP contribution in [0.4, 0.5) is 4.79 Å². The normalized spacial score (nSPS) is 28.6. The lowest BCUT2D eigenvalue weighted by Crippen LogP contribution is -2.57. The summed E-state index contributed by atoms with van der Waals surface area (Å²) < 4.78 is 0. The number of nitrogens with one attached hydrogen (secondary N) is 1. The molecule has 2 N–H and O–H groups in total. The number of carbonyl (C=O) groups is 2. The van der Waals surface area contributed by atoms with Crippen molar-refractivity contribution in [2.45, 2.75) is 70.4 Å². The second kappa shape index (κ2) is 6.02. The van der Waals surface area contributed by atoms with Crippen LogP contribution in [0.1, 0.15) is 58.8 Å². The minimum atomic E-state index is -1.00. The Bertz CT molecular complexity index is 379. The number of aliphatic carboxylic acids is 1. The van der Waals surface area contributed by atoms with Crippen molar-refractivity contribution in [1.29, 1.82) is 0 Å². The summed E-state index contributed by atoms with van der Waals surface area (Å²) in [5.41, 5.74) is -1.00. The fourth-order valence-electron chi connectivity index (χ4n) is 3.76. The number of amides is 2. The maximum atomic E-state index is 12.4. The van der Waals surface area contributed by atoms with Crippen LogP contribution in [0.3, 0.4) is 0 Å². The third-order valence-electron chi connectivity index (χ3n) is 5.17. The molecule has 1 saturated carbocycles. The molecular weight excluding hydrogens is 256 g/mol. The van der Waals surface area contributed by atoms with Crippen molar-refractivity contribution in [1.82, 2.24) is 10.2 Å². The highest BCUT2D eigenvalue weighted by Gasteiger charge is 2.48. The van der Waals surface area contributed by atoms with Gasteiger partial charge in [0.2, 0.25) is 0 Å². The van der Waals surface area contributed by atoms with Gasteiger partial charge in [-0.05, 0) is 44.9 Å². The van der Waals surface area contributed by atoms with E-state index in [2.05, 4.69) is 5.32 Å². The summed E-state index contributed by atoms with van der Waals surface area (Å²) in [6.07, 6.45) is 6.60. The lowest BCUT2D eigenvalue weighted by Gasteiger charge is -2.35. The number of carboxylic acids is 1. The zero-order valence-corrected chi connectivity index (χ0v) is 12.5. The molecule has 0 aromatic heterocycles. The molecule has 1 heterocycles. The van der Waals surface area contributed by atoms with Gasteiger partial charge in [-0.25, -0.2) is 9.59 Å². The standard InChI is InChI=1S/C15H26N2O3/c1-3-15(13(18)19)9-6-10-17(15)14(20)16-11(2)12-7-4-5-8-12/h11-12H,3-10H2,1-2H3,(H,16,20)(H,18,19). The number of carboxylic acid groups (broad SMARTS) is 1. The summed E-state index contributed by atoms with van der Waals surface area (Å²) in [5, 5.41) is 12.5. The van der Waals surface area contributed by atoms with Gasteiger partial charge in [0.15, 0.2) is 0 Å². The van der Waals surface area contributed by atoms with Crippen molar-refractivity contribution >= 4 is 12.0 Å². The quantitative estimate of drug-likeness (QED) is 0.832. The average Bonchev–Trinajstić information content (AvgIpc) is 3.08. The monoisotopic (exact) mass is 282 g/mol. The van der Waals surface area contributed by atoms with E-state index in [9.17, 15) is 14.7 Å². The molecule has 0 radical (unpaired) electrons. The second-order valence-corrected chi connectivity index (χ2v) is 6.23. The van der Waals surface area contributed by atoms with Crippen molar-refractivity contribution in [3.05, 3.63) is 0 Å². The molecule has 20 heavy (non-hydrogen) atoms. The van der Waals surface area contributed by atoms with Crippen molar-refractivity contribution in [2.75, 3.05) is 6.54 Å². The third kappa shape index (κ3) is 2.63. The molecule has 2 fully saturated rings. The molecule has 2 atom stereocenters.